The number of carbonyl (C=O) groups excluding carboxylic acids is 1. The van der Waals surface area contributed by atoms with E-state index in [4.69, 9.17) is 14.6 Å². The maximum atomic E-state index is 13.0. The first-order valence-electron chi connectivity index (χ1n) is 10.4. The van der Waals surface area contributed by atoms with E-state index in [-0.39, 0.29) is 31.2 Å². The number of carbonyl (C=O) groups is 2. The van der Waals surface area contributed by atoms with Gasteiger partial charge in [-0.05, 0) is 42.3 Å². The fourth-order valence-electron chi connectivity index (χ4n) is 3.69. The fraction of sp³-hybridized carbons (Fsp3) is 0.375. The Kier molecular flexibility index (Phi) is 7.35. The lowest BCUT2D eigenvalue weighted by atomic mass is 9.97. The minimum absolute atomic E-state index is 0.0476. The number of carboxylic acids is 1. The van der Waals surface area contributed by atoms with Crippen LogP contribution in [0.5, 0.6) is 11.5 Å². The molecule has 0 aromatic heterocycles. The van der Waals surface area contributed by atoms with Gasteiger partial charge in [0, 0.05) is 44.6 Å². The number of benzene rings is 2. The lowest BCUT2D eigenvalue weighted by Gasteiger charge is -2.23. The molecule has 0 saturated carbocycles. The number of carboxylic acid groups (broad SMARTS) is 1. The molecule has 8 nitrogen and oxygen atoms in total. The van der Waals surface area contributed by atoms with Gasteiger partial charge in [0.05, 0.1) is 26.0 Å². The van der Waals surface area contributed by atoms with E-state index in [1.807, 2.05) is 61.5 Å². The van der Waals surface area contributed by atoms with Crippen LogP contribution in [0, 0.1) is 0 Å². The van der Waals surface area contributed by atoms with Crippen molar-refractivity contribution in [3.8, 4) is 11.5 Å². The highest BCUT2D eigenvalue weighted by Gasteiger charge is 2.33. The van der Waals surface area contributed by atoms with Crippen LogP contribution in [0.2, 0.25) is 0 Å². The van der Waals surface area contributed by atoms with Gasteiger partial charge >= 0.3 is 5.97 Å². The van der Waals surface area contributed by atoms with Crippen LogP contribution in [-0.2, 0) is 9.59 Å². The van der Waals surface area contributed by atoms with Crippen LogP contribution in [-0.4, -0.2) is 56.0 Å². The van der Waals surface area contributed by atoms with Gasteiger partial charge in [-0.25, -0.2) is 5.01 Å². The Balaban J connectivity index is 1.90. The van der Waals surface area contributed by atoms with Crippen molar-refractivity contribution in [3.05, 3.63) is 53.6 Å². The van der Waals surface area contributed by atoms with Gasteiger partial charge in [0.25, 0.3) is 0 Å². The van der Waals surface area contributed by atoms with Crippen molar-refractivity contribution in [2.24, 2.45) is 5.10 Å². The smallest absolute Gasteiger partial charge is 0.303 e. The average Bonchev–Trinajstić information content (AvgIpc) is 3.24. The van der Waals surface area contributed by atoms with Gasteiger partial charge in [0.2, 0.25) is 5.91 Å². The lowest BCUT2D eigenvalue weighted by Crippen LogP contribution is -2.27. The highest BCUT2D eigenvalue weighted by molar-refractivity contribution is 6.03. The van der Waals surface area contributed by atoms with Gasteiger partial charge < -0.3 is 19.5 Å². The number of methoxy groups -OCH3 is 2. The molecule has 0 aliphatic carbocycles. The van der Waals surface area contributed by atoms with Crippen LogP contribution >= 0.6 is 0 Å². The molecule has 1 heterocycles. The second-order valence-corrected chi connectivity index (χ2v) is 7.81. The molecule has 0 fully saturated rings. The van der Waals surface area contributed by atoms with Crippen LogP contribution in [0.3, 0.4) is 0 Å². The Labute approximate surface area is 188 Å². The molecule has 2 aromatic carbocycles. The molecular formula is C24H29N3O5. The van der Waals surface area contributed by atoms with E-state index in [9.17, 15) is 9.59 Å². The number of aliphatic carboxylic acids is 1. The zero-order valence-corrected chi connectivity index (χ0v) is 18.9. The Morgan fingerprint density at radius 3 is 2.34 bits per heavy atom. The Bertz CT molecular complexity index is 1000. The third-order valence-corrected chi connectivity index (χ3v) is 5.46. The Hall–Kier alpha value is -3.55. The molecule has 1 atom stereocenters. The number of nitrogens with zero attached hydrogens (tertiary/aromatic N) is 3. The number of anilines is 1. The summed E-state index contributed by atoms with van der Waals surface area (Å²) in [7, 11) is 7.10. The van der Waals surface area contributed by atoms with E-state index in [2.05, 4.69) is 5.10 Å². The Morgan fingerprint density at radius 1 is 1.06 bits per heavy atom. The first kappa shape index (κ1) is 23.1. The summed E-state index contributed by atoms with van der Waals surface area (Å²) >= 11 is 0. The van der Waals surface area contributed by atoms with Gasteiger partial charge in [-0.2, -0.15) is 5.10 Å². The monoisotopic (exact) mass is 439 g/mol. The zero-order valence-electron chi connectivity index (χ0n) is 18.9. The van der Waals surface area contributed by atoms with Crippen molar-refractivity contribution < 1.29 is 24.2 Å². The van der Waals surface area contributed by atoms with E-state index in [1.165, 1.54) is 5.01 Å². The molecule has 0 spiro atoms. The molecule has 1 unspecified atom stereocenters. The molecule has 0 saturated heterocycles. The summed E-state index contributed by atoms with van der Waals surface area (Å²) in [5.41, 5.74) is 3.64. The predicted octanol–water partition coefficient (Wildman–Crippen LogP) is 3.70. The number of hydrogen-bond donors (Lipinski definition) is 1. The van der Waals surface area contributed by atoms with E-state index in [0.717, 1.165) is 22.5 Å². The summed E-state index contributed by atoms with van der Waals surface area (Å²) in [6.45, 7) is 0. The average molecular weight is 440 g/mol. The van der Waals surface area contributed by atoms with Crippen molar-refractivity contribution in [1.82, 2.24) is 5.01 Å². The largest absolute Gasteiger partial charge is 0.493 e. The molecule has 0 radical (unpaired) electrons. The molecule has 1 amide bonds. The van der Waals surface area contributed by atoms with Gasteiger partial charge in [0.1, 0.15) is 0 Å². The van der Waals surface area contributed by atoms with Gasteiger partial charge in [0.15, 0.2) is 11.5 Å². The molecule has 0 bridgehead atoms. The van der Waals surface area contributed by atoms with Crippen LogP contribution in [0.25, 0.3) is 0 Å². The molecular weight excluding hydrogens is 410 g/mol. The molecule has 1 aliphatic heterocycles. The highest BCUT2D eigenvalue weighted by Crippen LogP contribution is 2.36. The Morgan fingerprint density at radius 2 is 1.75 bits per heavy atom. The second-order valence-electron chi connectivity index (χ2n) is 7.81. The molecule has 32 heavy (non-hydrogen) atoms. The summed E-state index contributed by atoms with van der Waals surface area (Å²) in [5, 5.41) is 15.0. The standard InChI is InChI=1S/C24H29N3O5/c1-26(2)18-11-8-16(9-12-18)20-15-19(17-10-13-21(31-3)22(14-17)32-4)25-27(20)23(28)6-5-7-24(29)30/h8-14,20H,5-7,15H2,1-4H3,(H,29,30). The van der Waals surface area contributed by atoms with Crippen molar-refractivity contribution in [1.29, 1.82) is 0 Å². The van der Waals surface area contributed by atoms with Gasteiger partial charge in [-0.15, -0.1) is 0 Å². The molecule has 8 heteroatoms. The number of ether oxygens (including phenoxy) is 2. The molecule has 2 aromatic rings. The molecule has 3 rings (SSSR count). The second kappa shape index (κ2) is 10.2. The number of rotatable bonds is 9. The lowest BCUT2D eigenvalue weighted by molar-refractivity contribution is -0.137. The summed E-state index contributed by atoms with van der Waals surface area (Å²) in [4.78, 5) is 25.8. The normalized spacial score (nSPS) is 15.3. The van der Waals surface area contributed by atoms with Crippen LogP contribution in [0.1, 0.15) is 42.9 Å². The summed E-state index contributed by atoms with van der Waals surface area (Å²) in [5.74, 6) is 0.103. The number of hydrogen-bond acceptors (Lipinski definition) is 6. The SMILES string of the molecule is COc1ccc(C2=NN(C(=O)CCCC(=O)O)C(c3ccc(N(C)C)cc3)C2)cc1OC. The fourth-order valence-corrected chi connectivity index (χ4v) is 3.69. The van der Waals surface area contributed by atoms with Gasteiger partial charge in [-0.1, -0.05) is 12.1 Å². The number of hydrazone groups is 1. The van der Waals surface area contributed by atoms with Crippen molar-refractivity contribution in [2.75, 3.05) is 33.2 Å². The summed E-state index contributed by atoms with van der Waals surface area (Å²) < 4.78 is 10.7. The van der Waals surface area contributed by atoms with Crippen LogP contribution in [0.4, 0.5) is 5.69 Å². The van der Waals surface area contributed by atoms with Crippen molar-refractivity contribution in [2.45, 2.75) is 31.7 Å². The van der Waals surface area contributed by atoms with E-state index in [0.29, 0.717) is 17.9 Å². The maximum Gasteiger partial charge on any atom is 0.303 e. The van der Waals surface area contributed by atoms with Crippen LogP contribution in [0.15, 0.2) is 47.6 Å². The molecule has 1 N–H and O–H groups in total. The quantitative estimate of drug-likeness (QED) is 0.641. The molecule has 1 aliphatic rings. The van der Waals surface area contributed by atoms with Crippen LogP contribution < -0.4 is 14.4 Å². The summed E-state index contributed by atoms with van der Waals surface area (Å²) in [6.07, 6.45) is 0.898. The van der Waals surface area contributed by atoms with Gasteiger partial charge in [-0.3, -0.25) is 9.59 Å². The minimum atomic E-state index is -0.912. The van der Waals surface area contributed by atoms with E-state index in [1.54, 1.807) is 14.2 Å². The number of amides is 1. The summed E-state index contributed by atoms with van der Waals surface area (Å²) in [6, 6.07) is 13.3. The van der Waals surface area contributed by atoms with Crippen molar-refractivity contribution in [3.63, 3.8) is 0 Å². The zero-order chi connectivity index (χ0) is 23.3. The first-order valence-corrected chi connectivity index (χ1v) is 10.4. The highest BCUT2D eigenvalue weighted by atomic mass is 16.5. The minimum Gasteiger partial charge on any atom is -0.493 e. The van der Waals surface area contributed by atoms with E-state index >= 15 is 0 Å². The third kappa shape index (κ3) is 5.19. The topological polar surface area (TPSA) is 91.7 Å². The van der Waals surface area contributed by atoms with E-state index < -0.39 is 5.97 Å². The predicted molar refractivity (Wildman–Crippen MR) is 123 cm³/mol. The maximum absolute atomic E-state index is 13.0. The van der Waals surface area contributed by atoms with Crippen molar-refractivity contribution >= 4 is 23.3 Å². The third-order valence-electron chi connectivity index (χ3n) is 5.46. The molecule has 170 valence electrons. The first-order chi connectivity index (χ1) is 15.3.